The molecule has 1 aromatic heterocycles. The highest BCUT2D eigenvalue weighted by molar-refractivity contribution is 5.80. The smallest absolute Gasteiger partial charge is 0.311 e. The van der Waals surface area contributed by atoms with Gasteiger partial charge in [0.1, 0.15) is 18.7 Å². The minimum absolute atomic E-state index is 0.00295. The van der Waals surface area contributed by atoms with Crippen LogP contribution in [0.2, 0.25) is 0 Å². The first-order valence-corrected chi connectivity index (χ1v) is 7.40. The van der Waals surface area contributed by atoms with E-state index in [9.17, 15) is 14.0 Å². The summed E-state index contributed by atoms with van der Waals surface area (Å²) in [5, 5.41) is 10.6. The summed E-state index contributed by atoms with van der Waals surface area (Å²) in [7, 11) is 1.32. The van der Waals surface area contributed by atoms with Crippen LogP contribution >= 0.6 is 0 Å². The van der Waals surface area contributed by atoms with Crippen molar-refractivity contribution in [1.82, 2.24) is 25.1 Å². The van der Waals surface area contributed by atoms with Crippen molar-refractivity contribution in [2.45, 2.75) is 12.5 Å². The Labute approximate surface area is 137 Å². The number of rotatable bonds is 4. The minimum Gasteiger partial charge on any atom is -0.469 e. The van der Waals surface area contributed by atoms with E-state index in [1.165, 1.54) is 30.3 Å². The van der Waals surface area contributed by atoms with E-state index in [-0.39, 0.29) is 36.7 Å². The van der Waals surface area contributed by atoms with Gasteiger partial charge in [0.2, 0.25) is 5.91 Å². The Morgan fingerprint density at radius 2 is 2.04 bits per heavy atom. The Morgan fingerprint density at radius 1 is 1.29 bits per heavy atom. The molecule has 3 rings (SSSR count). The topological polar surface area (TPSA) is 90.2 Å². The zero-order chi connectivity index (χ0) is 17.1. The SMILES string of the molecule is COC(=O)[C@H]1CN(C(=O)Cn2cnnn2)C[C@@H]1c1ccc(F)cc1. The zero-order valence-electron chi connectivity index (χ0n) is 13.0. The largest absolute Gasteiger partial charge is 0.469 e. The molecule has 0 radical (unpaired) electrons. The maximum atomic E-state index is 13.1. The van der Waals surface area contributed by atoms with Crippen LogP contribution in [0, 0.1) is 11.7 Å². The number of likely N-dealkylation sites (tertiary alicyclic amines) is 1. The van der Waals surface area contributed by atoms with E-state index in [0.29, 0.717) is 6.54 Å². The van der Waals surface area contributed by atoms with Crippen molar-refractivity contribution in [3.05, 3.63) is 42.0 Å². The summed E-state index contributed by atoms with van der Waals surface area (Å²) >= 11 is 0. The number of aromatic nitrogens is 4. The van der Waals surface area contributed by atoms with E-state index in [4.69, 9.17) is 4.74 Å². The number of hydrogen-bond acceptors (Lipinski definition) is 6. The van der Waals surface area contributed by atoms with Crippen molar-refractivity contribution in [1.29, 1.82) is 0 Å². The lowest BCUT2D eigenvalue weighted by Crippen LogP contribution is -2.33. The predicted octanol–water partition coefficient (Wildman–Crippen LogP) is 0.227. The summed E-state index contributed by atoms with van der Waals surface area (Å²) < 4.78 is 19.3. The summed E-state index contributed by atoms with van der Waals surface area (Å²) in [6, 6.07) is 5.95. The Kier molecular flexibility index (Phi) is 4.50. The Hall–Kier alpha value is -2.84. The van der Waals surface area contributed by atoms with Gasteiger partial charge in [-0.2, -0.15) is 0 Å². The standard InChI is InChI=1S/C15H16FN5O3/c1-24-15(23)13-7-20(14(22)8-21-9-17-18-19-21)6-12(13)10-2-4-11(16)5-3-10/h2-5,9,12-13H,6-8H2,1H3/t12-,13+/m1/s1. The third-order valence-electron chi connectivity index (χ3n) is 4.16. The van der Waals surface area contributed by atoms with Gasteiger partial charge in [0, 0.05) is 19.0 Å². The molecule has 24 heavy (non-hydrogen) atoms. The molecule has 2 heterocycles. The van der Waals surface area contributed by atoms with Gasteiger partial charge in [-0.15, -0.1) is 5.10 Å². The molecule has 0 N–H and O–H groups in total. The average Bonchev–Trinajstić information content (AvgIpc) is 3.24. The molecular weight excluding hydrogens is 317 g/mol. The van der Waals surface area contributed by atoms with Crippen LogP contribution in [-0.4, -0.2) is 57.2 Å². The third kappa shape index (κ3) is 3.24. The molecular formula is C15H16FN5O3. The quantitative estimate of drug-likeness (QED) is 0.744. The number of methoxy groups -OCH3 is 1. The van der Waals surface area contributed by atoms with Gasteiger partial charge >= 0.3 is 5.97 Å². The highest BCUT2D eigenvalue weighted by Gasteiger charge is 2.41. The number of ether oxygens (including phenoxy) is 1. The molecule has 2 aromatic rings. The number of esters is 1. The van der Waals surface area contributed by atoms with Crippen LogP contribution in [0.5, 0.6) is 0 Å². The second-order valence-corrected chi connectivity index (χ2v) is 5.59. The van der Waals surface area contributed by atoms with Crippen LogP contribution in [0.3, 0.4) is 0 Å². The molecule has 1 aliphatic rings. The van der Waals surface area contributed by atoms with Gasteiger partial charge in [-0.25, -0.2) is 9.07 Å². The zero-order valence-corrected chi connectivity index (χ0v) is 13.0. The summed E-state index contributed by atoms with van der Waals surface area (Å²) in [5.74, 6) is -1.66. The number of nitrogens with zero attached hydrogens (tertiary/aromatic N) is 5. The van der Waals surface area contributed by atoms with Crippen LogP contribution in [0.25, 0.3) is 0 Å². The van der Waals surface area contributed by atoms with Gasteiger partial charge in [-0.3, -0.25) is 9.59 Å². The lowest BCUT2D eigenvalue weighted by Gasteiger charge is -2.16. The molecule has 0 spiro atoms. The van der Waals surface area contributed by atoms with Gasteiger partial charge in [0.25, 0.3) is 0 Å². The Bertz CT molecular complexity index is 719. The summed E-state index contributed by atoms with van der Waals surface area (Å²) in [4.78, 5) is 26.1. The Balaban J connectivity index is 1.78. The fourth-order valence-corrected chi connectivity index (χ4v) is 2.94. The summed E-state index contributed by atoms with van der Waals surface area (Å²) in [6.07, 6.45) is 1.35. The van der Waals surface area contributed by atoms with Crippen molar-refractivity contribution < 1.29 is 18.7 Å². The molecule has 1 fully saturated rings. The van der Waals surface area contributed by atoms with E-state index in [0.717, 1.165) is 5.56 Å². The second kappa shape index (κ2) is 6.73. The summed E-state index contributed by atoms with van der Waals surface area (Å²) in [5.41, 5.74) is 0.796. The van der Waals surface area contributed by atoms with Crippen molar-refractivity contribution >= 4 is 11.9 Å². The number of carbonyl (C=O) groups is 2. The molecule has 1 aliphatic heterocycles. The van der Waals surface area contributed by atoms with Crippen LogP contribution in [0.1, 0.15) is 11.5 Å². The monoisotopic (exact) mass is 333 g/mol. The van der Waals surface area contributed by atoms with E-state index in [2.05, 4.69) is 15.5 Å². The van der Waals surface area contributed by atoms with Crippen LogP contribution in [0.4, 0.5) is 4.39 Å². The maximum Gasteiger partial charge on any atom is 0.311 e. The van der Waals surface area contributed by atoms with E-state index in [1.54, 1.807) is 17.0 Å². The summed E-state index contributed by atoms with van der Waals surface area (Å²) in [6.45, 7) is 0.596. The Morgan fingerprint density at radius 3 is 2.67 bits per heavy atom. The molecule has 0 saturated carbocycles. The van der Waals surface area contributed by atoms with Gasteiger partial charge in [0.15, 0.2) is 0 Å². The molecule has 126 valence electrons. The molecule has 0 unspecified atom stereocenters. The lowest BCUT2D eigenvalue weighted by molar-refractivity contribution is -0.145. The first kappa shape index (κ1) is 16.0. The molecule has 1 saturated heterocycles. The van der Waals surface area contributed by atoms with Crippen molar-refractivity contribution in [2.75, 3.05) is 20.2 Å². The molecule has 1 amide bonds. The van der Waals surface area contributed by atoms with Gasteiger partial charge < -0.3 is 9.64 Å². The highest BCUT2D eigenvalue weighted by Crippen LogP contribution is 2.33. The highest BCUT2D eigenvalue weighted by atomic mass is 19.1. The fraction of sp³-hybridized carbons (Fsp3) is 0.400. The van der Waals surface area contributed by atoms with Crippen LogP contribution in [-0.2, 0) is 20.9 Å². The van der Waals surface area contributed by atoms with Crippen molar-refractivity contribution in [2.24, 2.45) is 5.92 Å². The van der Waals surface area contributed by atoms with E-state index in [1.807, 2.05) is 0 Å². The number of benzene rings is 1. The number of halogens is 1. The normalized spacial score (nSPS) is 20.2. The maximum absolute atomic E-state index is 13.1. The molecule has 0 aliphatic carbocycles. The second-order valence-electron chi connectivity index (χ2n) is 5.59. The minimum atomic E-state index is -0.488. The van der Waals surface area contributed by atoms with Gasteiger partial charge in [0.05, 0.1) is 13.0 Å². The van der Waals surface area contributed by atoms with Crippen molar-refractivity contribution in [3.63, 3.8) is 0 Å². The van der Waals surface area contributed by atoms with Crippen LogP contribution < -0.4 is 0 Å². The molecule has 9 heteroatoms. The first-order valence-electron chi connectivity index (χ1n) is 7.40. The average molecular weight is 333 g/mol. The number of hydrogen-bond donors (Lipinski definition) is 0. The fourth-order valence-electron chi connectivity index (χ4n) is 2.94. The lowest BCUT2D eigenvalue weighted by atomic mass is 9.89. The van der Waals surface area contributed by atoms with Crippen LogP contribution in [0.15, 0.2) is 30.6 Å². The van der Waals surface area contributed by atoms with E-state index < -0.39 is 5.92 Å². The third-order valence-corrected chi connectivity index (χ3v) is 4.16. The van der Waals surface area contributed by atoms with Gasteiger partial charge in [-0.05, 0) is 28.1 Å². The molecule has 0 bridgehead atoms. The molecule has 8 nitrogen and oxygen atoms in total. The molecule has 1 aromatic carbocycles. The predicted molar refractivity (Wildman–Crippen MR) is 79.0 cm³/mol. The first-order chi connectivity index (χ1) is 11.6. The van der Waals surface area contributed by atoms with Crippen molar-refractivity contribution in [3.8, 4) is 0 Å². The molecule has 2 atom stereocenters. The number of carbonyl (C=O) groups excluding carboxylic acids is 2. The van der Waals surface area contributed by atoms with Gasteiger partial charge in [-0.1, -0.05) is 12.1 Å². The van der Waals surface area contributed by atoms with E-state index >= 15 is 0 Å². The number of tetrazole rings is 1. The number of amides is 1.